The molecule has 3 N–H and O–H groups in total. The lowest BCUT2D eigenvalue weighted by molar-refractivity contribution is -0.126. The van der Waals surface area contributed by atoms with Crippen LogP contribution >= 0.6 is 0 Å². The third-order valence-corrected chi connectivity index (χ3v) is 2.41. The molecule has 1 aliphatic carbocycles. The van der Waals surface area contributed by atoms with Crippen LogP contribution in [0.3, 0.4) is 0 Å². The normalized spacial score (nSPS) is 20.2. The van der Waals surface area contributed by atoms with Crippen LogP contribution in [0.4, 0.5) is 0 Å². The number of ether oxygens (including phenoxy) is 1. The summed E-state index contributed by atoms with van der Waals surface area (Å²) in [5, 5.41) is 2.66. The predicted molar refractivity (Wildman–Crippen MR) is 62.7 cm³/mol. The zero-order valence-electron chi connectivity index (χ0n) is 9.63. The Hall–Kier alpha value is -1.05. The van der Waals surface area contributed by atoms with Crippen molar-refractivity contribution < 1.29 is 9.53 Å². The number of carbonyl (C=O) groups excluding carboxylic acids is 1. The monoisotopic (exact) mass is 224 g/mol. The highest BCUT2D eigenvalue weighted by Crippen LogP contribution is 2.10. The summed E-state index contributed by atoms with van der Waals surface area (Å²) in [7, 11) is 0. The third kappa shape index (κ3) is 5.74. The Bertz CT molecular complexity index is 268. The molecule has 0 fully saturated rings. The second-order valence-electron chi connectivity index (χ2n) is 3.86. The molecule has 0 aromatic rings. The van der Waals surface area contributed by atoms with Gasteiger partial charge in [0.15, 0.2) is 0 Å². The van der Waals surface area contributed by atoms with Crippen LogP contribution in [0.5, 0.6) is 0 Å². The molecule has 0 aromatic heterocycles. The van der Waals surface area contributed by atoms with Gasteiger partial charge in [0.2, 0.25) is 5.91 Å². The van der Waals surface area contributed by atoms with E-state index in [-0.39, 0.29) is 18.6 Å². The van der Waals surface area contributed by atoms with Gasteiger partial charge in [-0.05, 0) is 19.3 Å². The van der Waals surface area contributed by atoms with E-state index in [9.17, 15) is 4.79 Å². The number of hydrogen-bond acceptors (Lipinski definition) is 3. The molecule has 16 heavy (non-hydrogen) atoms. The van der Waals surface area contributed by atoms with E-state index >= 15 is 0 Å². The van der Waals surface area contributed by atoms with E-state index < -0.39 is 0 Å². The third-order valence-electron chi connectivity index (χ3n) is 2.41. The van der Waals surface area contributed by atoms with Crippen LogP contribution in [-0.2, 0) is 9.53 Å². The van der Waals surface area contributed by atoms with Gasteiger partial charge >= 0.3 is 0 Å². The average Bonchev–Trinajstić information content (AvgIpc) is 2.25. The van der Waals surface area contributed by atoms with Gasteiger partial charge in [0, 0.05) is 19.5 Å². The molecule has 4 heteroatoms. The topological polar surface area (TPSA) is 64.3 Å². The highest BCUT2D eigenvalue weighted by Gasteiger charge is 2.09. The van der Waals surface area contributed by atoms with Gasteiger partial charge < -0.3 is 15.8 Å². The van der Waals surface area contributed by atoms with E-state index in [0.717, 1.165) is 19.3 Å². The number of nitrogens with two attached hydrogens (primary N) is 1. The molecule has 1 rings (SSSR count). The highest BCUT2D eigenvalue weighted by atomic mass is 16.5. The van der Waals surface area contributed by atoms with E-state index in [1.54, 1.807) is 0 Å². The van der Waals surface area contributed by atoms with Crippen LogP contribution < -0.4 is 11.1 Å². The van der Waals surface area contributed by atoms with Crippen molar-refractivity contribution in [2.45, 2.75) is 38.2 Å². The van der Waals surface area contributed by atoms with Gasteiger partial charge in [-0.1, -0.05) is 12.3 Å². The van der Waals surface area contributed by atoms with E-state index in [2.05, 4.69) is 17.2 Å². The maximum atomic E-state index is 11.3. The van der Waals surface area contributed by atoms with Gasteiger partial charge in [-0.25, -0.2) is 0 Å². The molecule has 0 radical (unpaired) electrons. The first-order chi connectivity index (χ1) is 7.83. The molecule has 1 atom stereocenters. The average molecular weight is 224 g/mol. The Morgan fingerprint density at radius 1 is 1.44 bits per heavy atom. The fourth-order valence-electron chi connectivity index (χ4n) is 1.54. The summed E-state index contributed by atoms with van der Waals surface area (Å²) in [5.74, 6) is 6.02. The Morgan fingerprint density at radius 3 is 3.12 bits per heavy atom. The van der Waals surface area contributed by atoms with Crippen LogP contribution in [-0.4, -0.2) is 31.7 Å². The lowest BCUT2D eigenvalue weighted by atomic mass is 10.1. The largest absolute Gasteiger partial charge is 0.356 e. The van der Waals surface area contributed by atoms with Gasteiger partial charge in [-0.15, -0.1) is 5.92 Å². The van der Waals surface area contributed by atoms with Gasteiger partial charge in [0.05, 0.1) is 0 Å². The molecule has 1 unspecified atom stereocenters. The molecular formula is C12H20N2O2. The smallest absolute Gasteiger partial charge is 0.246 e. The minimum absolute atomic E-state index is 0.0797. The first-order valence-corrected chi connectivity index (χ1v) is 5.89. The van der Waals surface area contributed by atoms with Gasteiger partial charge in [-0.2, -0.15) is 0 Å². The van der Waals surface area contributed by atoms with Crippen molar-refractivity contribution in [2.24, 2.45) is 5.73 Å². The second-order valence-corrected chi connectivity index (χ2v) is 3.86. The van der Waals surface area contributed by atoms with Crippen molar-refractivity contribution in [1.82, 2.24) is 5.32 Å². The van der Waals surface area contributed by atoms with Crippen molar-refractivity contribution in [2.75, 3.05) is 19.7 Å². The maximum absolute atomic E-state index is 11.3. The van der Waals surface area contributed by atoms with Crippen LogP contribution in [0.2, 0.25) is 0 Å². The quantitative estimate of drug-likeness (QED) is 0.665. The lowest BCUT2D eigenvalue weighted by Crippen LogP contribution is -2.33. The summed E-state index contributed by atoms with van der Waals surface area (Å²) in [6.07, 6.45) is 5.30. The van der Waals surface area contributed by atoms with E-state index in [1.165, 1.54) is 12.8 Å². The summed E-state index contributed by atoms with van der Waals surface area (Å²) >= 11 is 0. The van der Waals surface area contributed by atoms with Gasteiger partial charge in [0.25, 0.3) is 0 Å². The molecular weight excluding hydrogens is 204 g/mol. The molecule has 0 bridgehead atoms. The predicted octanol–water partition coefficient (Wildman–Crippen LogP) is 0.414. The van der Waals surface area contributed by atoms with Crippen LogP contribution in [0.25, 0.3) is 0 Å². The second kappa shape index (κ2) is 8.14. The summed E-state index contributed by atoms with van der Waals surface area (Å²) in [5.41, 5.74) is 5.28. The van der Waals surface area contributed by atoms with Crippen molar-refractivity contribution in [3.05, 3.63) is 0 Å². The zero-order chi connectivity index (χ0) is 11.6. The molecule has 0 heterocycles. The molecule has 0 saturated carbocycles. The van der Waals surface area contributed by atoms with E-state index in [0.29, 0.717) is 13.1 Å². The van der Waals surface area contributed by atoms with Gasteiger partial charge in [0.1, 0.15) is 12.7 Å². The molecule has 0 saturated heterocycles. The molecule has 1 aliphatic rings. The Balaban J connectivity index is 2.21. The standard InChI is InChI=1S/C12H20N2O2/c13-8-9-14-12(15)10-16-11-6-4-2-1-3-5-7-11/h11H,1-4,6,8-10,13H2,(H,14,15). The molecule has 4 nitrogen and oxygen atoms in total. The highest BCUT2D eigenvalue weighted by molar-refractivity contribution is 5.77. The minimum Gasteiger partial charge on any atom is -0.356 e. The van der Waals surface area contributed by atoms with Crippen molar-refractivity contribution >= 4 is 5.91 Å². The lowest BCUT2D eigenvalue weighted by Gasteiger charge is -2.13. The zero-order valence-corrected chi connectivity index (χ0v) is 9.63. The summed E-state index contributed by atoms with van der Waals surface area (Å²) in [6.45, 7) is 1.03. The molecule has 90 valence electrons. The summed E-state index contributed by atoms with van der Waals surface area (Å²) < 4.78 is 5.45. The Kier molecular flexibility index (Phi) is 6.62. The minimum atomic E-state index is -0.116. The number of carbonyl (C=O) groups is 1. The number of amides is 1. The molecule has 0 aliphatic heterocycles. The van der Waals surface area contributed by atoms with E-state index in [4.69, 9.17) is 10.5 Å². The summed E-state index contributed by atoms with van der Waals surface area (Å²) in [6, 6.07) is 0. The Labute approximate surface area is 96.9 Å². The van der Waals surface area contributed by atoms with E-state index in [1.807, 2.05) is 0 Å². The van der Waals surface area contributed by atoms with Crippen LogP contribution in [0, 0.1) is 11.8 Å². The van der Waals surface area contributed by atoms with Crippen molar-refractivity contribution in [3.63, 3.8) is 0 Å². The molecule has 0 aromatic carbocycles. The van der Waals surface area contributed by atoms with Crippen LogP contribution in [0.15, 0.2) is 0 Å². The van der Waals surface area contributed by atoms with Crippen molar-refractivity contribution in [1.29, 1.82) is 0 Å². The fraction of sp³-hybridized carbons (Fsp3) is 0.750. The molecule has 0 spiro atoms. The first kappa shape index (κ1) is 13.0. The maximum Gasteiger partial charge on any atom is 0.246 e. The fourth-order valence-corrected chi connectivity index (χ4v) is 1.54. The molecule has 1 amide bonds. The van der Waals surface area contributed by atoms with Crippen LogP contribution in [0.1, 0.15) is 32.1 Å². The van der Waals surface area contributed by atoms with Gasteiger partial charge in [-0.3, -0.25) is 4.79 Å². The number of hydrogen-bond donors (Lipinski definition) is 2. The number of nitrogens with one attached hydrogen (secondary N) is 1. The SMILES string of the molecule is NCCNC(=O)COC1C#CCCCCC1. The summed E-state index contributed by atoms with van der Waals surface area (Å²) in [4.78, 5) is 11.3. The Morgan fingerprint density at radius 2 is 2.31 bits per heavy atom. The first-order valence-electron chi connectivity index (χ1n) is 5.89. The number of rotatable bonds is 5. The van der Waals surface area contributed by atoms with Crippen molar-refractivity contribution in [3.8, 4) is 11.8 Å².